The van der Waals surface area contributed by atoms with Gasteiger partial charge in [0.25, 0.3) is 0 Å². The Morgan fingerprint density at radius 1 is 1.43 bits per heavy atom. The van der Waals surface area contributed by atoms with Crippen LogP contribution in [0.2, 0.25) is 5.15 Å². The van der Waals surface area contributed by atoms with Gasteiger partial charge < -0.3 is 16.2 Å². The zero-order chi connectivity index (χ0) is 15.4. The number of benzene rings is 1. The summed E-state index contributed by atoms with van der Waals surface area (Å²) in [5, 5.41) is 12.2. The average Bonchev–Trinajstić information content (AvgIpc) is 2.45. The van der Waals surface area contributed by atoms with Crippen LogP contribution in [-0.2, 0) is 11.2 Å². The maximum absolute atomic E-state index is 12.0. The third-order valence-electron chi connectivity index (χ3n) is 2.79. The molecule has 4 N–H and O–H groups in total. The first-order valence-corrected chi connectivity index (χ1v) is 7.28. The molecule has 0 saturated heterocycles. The van der Waals surface area contributed by atoms with Gasteiger partial charge in [0.1, 0.15) is 10.9 Å². The van der Waals surface area contributed by atoms with Gasteiger partial charge in [-0.2, -0.15) is 0 Å². The molecular weight excluding hydrogens is 358 g/mol. The molecule has 0 aliphatic rings. The van der Waals surface area contributed by atoms with Crippen molar-refractivity contribution in [3.63, 3.8) is 0 Å². The van der Waals surface area contributed by atoms with E-state index in [0.29, 0.717) is 21.7 Å². The lowest BCUT2D eigenvalue weighted by Gasteiger charge is -2.12. The average molecular weight is 371 g/mol. The Morgan fingerprint density at radius 3 is 2.71 bits per heavy atom. The molecule has 1 aromatic carbocycles. The molecule has 0 spiro atoms. The molecule has 7 heteroatoms. The summed E-state index contributed by atoms with van der Waals surface area (Å²) >= 11 is 9.02. The fourth-order valence-corrected chi connectivity index (χ4v) is 2.16. The van der Waals surface area contributed by atoms with Crippen molar-refractivity contribution in [2.24, 2.45) is 5.73 Å². The van der Waals surface area contributed by atoms with Gasteiger partial charge in [-0.3, -0.25) is 4.79 Å². The second-order valence-corrected chi connectivity index (χ2v) is 5.68. The zero-order valence-electron chi connectivity index (χ0n) is 10.9. The number of carbonyl (C=O) groups is 1. The quantitative estimate of drug-likeness (QED) is 0.722. The van der Waals surface area contributed by atoms with E-state index in [2.05, 4.69) is 26.2 Å². The fraction of sp³-hybridized carbons (Fsp3) is 0.143. The number of phenols is 1. The number of anilines is 1. The van der Waals surface area contributed by atoms with Gasteiger partial charge in [-0.1, -0.05) is 23.7 Å². The van der Waals surface area contributed by atoms with Crippen molar-refractivity contribution in [3.8, 4) is 5.75 Å². The van der Waals surface area contributed by atoms with E-state index in [-0.39, 0.29) is 11.7 Å². The fourth-order valence-electron chi connectivity index (χ4n) is 1.70. The van der Waals surface area contributed by atoms with Gasteiger partial charge in [0.2, 0.25) is 5.91 Å². The Labute approximate surface area is 135 Å². The van der Waals surface area contributed by atoms with E-state index >= 15 is 0 Å². The van der Waals surface area contributed by atoms with Gasteiger partial charge in [0.05, 0.1) is 22.4 Å². The number of phenolic OH excluding ortho intramolecular Hbond substituents is 1. The Kier molecular flexibility index (Phi) is 5.17. The van der Waals surface area contributed by atoms with Crippen molar-refractivity contribution in [2.45, 2.75) is 12.5 Å². The van der Waals surface area contributed by atoms with Crippen LogP contribution in [0.15, 0.2) is 41.0 Å². The molecule has 0 aliphatic heterocycles. The predicted molar refractivity (Wildman–Crippen MR) is 85.4 cm³/mol. The number of rotatable bonds is 4. The summed E-state index contributed by atoms with van der Waals surface area (Å²) in [5.41, 5.74) is 7.25. The van der Waals surface area contributed by atoms with Gasteiger partial charge in [-0.25, -0.2) is 4.98 Å². The van der Waals surface area contributed by atoms with Crippen LogP contribution in [0.3, 0.4) is 0 Å². The topological polar surface area (TPSA) is 88.2 Å². The van der Waals surface area contributed by atoms with E-state index in [9.17, 15) is 9.90 Å². The van der Waals surface area contributed by atoms with Crippen molar-refractivity contribution in [1.82, 2.24) is 4.98 Å². The van der Waals surface area contributed by atoms with Gasteiger partial charge >= 0.3 is 0 Å². The van der Waals surface area contributed by atoms with Gasteiger partial charge in [-0.05, 0) is 46.1 Å². The smallest absolute Gasteiger partial charge is 0.241 e. The number of aromatic nitrogens is 1. The molecule has 1 atom stereocenters. The third-order valence-corrected chi connectivity index (χ3v) is 3.93. The summed E-state index contributed by atoms with van der Waals surface area (Å²) < 4.78 is 0.592. The van der Waals surface area contributed by atoms with Crippen LogP contribution in [0.25, 0.3) is 0 Å². The van der Waals surface area contributed by atoms with E-state index in [0.717, 1.165) is 5.56 Å². The van der Waals surface area contributed by atoms with Gasteiger partial charge in [-0.15, -0.1) is 0 Å². The Bertz CT molecular complexity index is 649. The van der Waals surface area contributed by atoms with E-state index in [1.807, 2.05) is 0 Å². The second-order valence-electron chi connectivity index (χ2n) is 4.46. The molecule has 110 valence electrons. The summed E-state index contributed by atoms with van der Waals surface area (Å²) in [6.45, 7) is 0. The first kappa shape index (κ1) is 15.8. The van der Waals surface area contributed by atoms with E-state index in [1.165, 1.54) is 6.20 Å². The van der Waals surface area contributed by atoms with Crippen LogP contribution in [0.4, 0.5) is 5.69 Å². The molecule has 0 bridgehead atoms. The lowest BCUT2D eigenvalue weighted by Crippen LogP contribution is -2.37. The second kappa shape index (κ2) is 6.89. The lowest BCUT2D eigenvalue weighted by atomic mass is 10.1. The number of pyridine rings is 1. The summed E-state index contributed by atoms with van der Waals surface area (Å²) in [4.78, 5) is 15.9. The maximum Gasteiger partial charge on any atom is 0.241 e. The number of nitrogens with one attached hydrogen (secondary N) is 1. The number of hydrogen-bond donors (Lipinski definition) is 3. The molecule has 1 aromatic heterocycles. The lowest BCUT2D eigenvalue weighted by molar-refractivity contribution is -0.117. The standard InChI is InChI=1S/C14H13BrClN3O2/c15-11-6-9(7-18-13(11)16)19-14(21)12(17)5-8-1-3-10(20)4-2-8/h1-4,6-7,12,20H,5,17H2,(H,19,21)/t12-/m0/s1. The summed E-state index contributed by atoms with van der Waals surface area (Å²) in [6.07, 6.45) is 1.83. The maximum atomic E-state index is 12.0. The molecule has 2 aromatic rings. The minimum absolute atomic E-state index is 0.175. The van der Waals surface area contributed by atoms with Crippen LogP contribution in [0, 0.1) is 0 Å². The van der Waals surface area contributed by atoms with Crippen LogP contribution in [0.1, 0.15) is 5.56 Å². The van der Waals surface area contributed by atoms with Gasteiger partial charge in [0, 0.05) is 0 Å². The number of nitrogens with two attached hydrogens (primary N) is 1. The highest BCUT2D eigenvalue weighted by Crippen LogP contribution is 2.23. The predicted octanol–water partition coefficient (Wildman–Crippen LogP) is 2.71. The van der Waals surface area contributed by atoms with Crippen LogP contribution < -0.4 is 11.1 Å². The van der Waals surface area contributed by atoms with Gasteiger partial charge in [0.15, 0.2) is 0 Å². The molecule has 0 radical (unpaired) electrons. The van der Waals surface area contributed by atoms with Crippen molar-refractivity contribution in [2.75, 3.05) is 5.32 Å². The molecule has 0 aliphatic carbocycles. The molecule has 1 heterocycles. The first-order chi connectivity index (χ1) is 9.95. The molecule has 5 nitrogen and oxygen atoms in total. The van der Waals surface area contributed by atoms with Crippen molar-refractivity contribution >= 4 is 39.1 Å². The van der Waals surface area contributed by atoms with Crippen LogP contribution in [0.5, 0.6) is 5.75 Å². The van der Waals surface area contributed by atoms with E-state index in [4.69, 9.17) is 17.3 Å². The van der Waals surface area contributed by atoms with Crippen molar-refractivity contribution < 1.29 is 9.90 Å². The number of hydrogen-bond acceptors (Lipinski definition) is 4. The number of carbonyl (C=O) groups excluding carboxylic acids is 1. The number of amides is 1. The molecule has 0 fully saturated rings. The molecule has 0 saturated carbocycles. The Hall–Kier alpha value is -1.63. The summed E-state index contributed by atoms with van der Waals surface area (Å²) in [7, 11) is 0. The van der Waals surface area contributed by atoms with Crippen LogP contribution >= 0.6 is 27.5 Å². The Morgan fingerprint density at radius 2 is 2.10 bits per heavy atom. The monoisotopic (exact) mass is 369 g/mol. The highest BCUT2D eigenvalue weighted by Gasteiger charge is 2.15. The molecule has 1 amide bonds. The largest absolute Gasteiger partial charge is 0.508 e. The van der Waals surface area contributed by atoms with Crippen molar-refractivity contribution in [1.29, 1.82) is 0 Å². The van der Waals surface area contributed by atoms with E-state index in [1.54, 1.807) is 30.3 Å². The molecule has 2 rings (SSSR count). The highest BCUT2D eigenvalue weighted by molar-refractivity contribution is 9.10. The zero-order valence-corrected chi connectivity index (χ0v) is 13.2. The van der Waals surface area contributed by atoms with Crippen molar-refractivity contribution in [3.05, 3.63) is 51.7 Å². The first-order valence-electron chi connectivity index (χ1n) is 6.11. The summed E-state index contributed by atoms with van der Waals surface area (Å²) in [6, 6.07) is 7.51. The normalized spacial score (nSPS) is 12.0. The number of nitrogens with zero attached hydrogens (tertiary/aromatic N) is 1. The minimum Gasteiger partial charge on any atom is -0.508 e. The molecule has 0 unspecified atom stereocenters. The number of aromatic hydroxyl groups is 1. The third kappa shape index (κ3) is 4.42. The number of halogens is 2. The van der Waals surface area contributed by atoms with E-state index < -0.39 is 6.04 Å². The minimum atomic E-state index is -0.705. The SMILES string of the molecule is N[C@@H](Cc1ccc(O)cc1)C(=O)Nc1cnc(Cl)c(Br)c1. The highest BCUT2D eigenvalue weighted by atomic mass is 79.9. The van der Waals surface area contributed by atoms with Crippen LogP contribution in [-0.4, -0.2) is 22.0 Å². The molecular formula is C14H13BrClN3O2. The molecule has 21 heavy (non-hydrogen) atoms. The summed E-state index contributed by atoms with van der Waals surface area (Å²) in [5.74, 6) is -0.145. The Balaban J connectivity index is 1.98.